The van der Waals surface area contributed by atoms with Gasteiger partial charge in [-0.2, -0.15) is 5.26 Å². The minimum atomic E-state index is 0.204. The van der Waals surface area contributed by atoms with Crippen LogP contribution in [0.5, 0.6) is 0 Å². The van der Waals surface area contributed by atoms with Crippen molar-refractivity contribution in [1.82, 2.24) is 0 Å². The highest BCUT2D eigenvalue weighted by atomic mass is 35.5. The second-order valence-corrected chi connectivity index (χ2v) is 4.67. The van der Waals surface area contributed by atoms with E-state index in [4.69, 9.17) is 22.6 Å². The molecule has 0 bridgehead atoms. The fraction of sp³-hybridized carbons (Fsp3) is 0.133. The van der Waals surface area contributed by atoms with Gasteiger partial charge in [0, 0.05) is 16.6 Å². The van der Waals surface area contributed by atoms with Crippen LogP contribution in [0.25, 0.3) is 0 Å². The first-order valence-electron chi connectivity index (χ1n) is 5.67. The second-order valence-electron chi connectivity index (χ2n) is 4.23. The highest BCUT2D eigenvalue weighted by molar-refractivity contribution is 6.30. The standard InChI is InChI=1S/C15H13ClN2/c1-10(11-2-5-14(16)6-3-11)12-4-7-15(18)13(8-12)9-17/h2-8,10H,18H2,1H3/t10-/m1/s1. The maximum absolute atomic E-state index is 8.98. The summed E-state index contributed by atoms with van der Waals surface area (Å²) in [7, 11) is 0. The third-order valence-corrected chi connectivity index (χ3v) is 3.32. The Morgan fingerprint density at radius 1 is 1.11 bits per heavy atom. The first-order chi connectivity index (χ1) is 8.61. The molecule has 0 fully saturated rings. The number of benzene rings is 2. The van der Waals surface area contributed by atoms with Crippen molar-refractivity contribution in [2.24, 2.45) is 0 Å². The van der Waals surface area contributed by atoms with Crippen LogP contribution in [0.2, 0.25) is 5.02 Å². The van der Waals surface area contributed by atoms with Crippen molar-refractivity contribution >= 4 is 17.3 Å². The van der Waals surface area contributed by atoms with E-state index in [9.17, 15) is 0 Å². The Morgan fingerprint density at radius 3 is 2.33 bits per heavy atom. The predicted octanol–water partition coefficient (Wildman–Crippen LogP) is 3.95. The number of nitriles is 1. The molecule has 0 heterocycles. The molecule has 0 saturated carbocycles. The van der Waals surface area contributed by atoms with Gasteiger partial charge in [-0.15, -0.1) is 0 Å². The number of hydrogen-bond acceptors (Lipinski definition) is 2. The molecule has 90 valence electrons. The van der Waals surface area contributed by atoms with Gasteiger partial charge in [0.2, 0.25) is 0 Å². The molecule has 0 aliphatic rings. The maximum Gasteiger partial charge on any atom is 0.101 e. The van der Waals surface area contributed by atoms with E-state index in [0.717, 1.165) is 16.1 Å². The van der Waals surface area contributed by atoms with Gasteiger partial charge in [0.15, 0.2) is 0 Å². The molecule has 2 rings (SSSR count). The highest BCUT2D eigenvalue weighted by Gasteiger charge is 2.10. The van der Waals surface area contributed by atoms with E-state index in [2.05, 4.69) is 13.0 Å². The zero-order chi connectivity index (χ0) is 13.1. The number of rotatable bonds is 2. The summed E-state index contributed by atoms with van der Waals surface area (Å²) >= 11 is 5.87. The molecule has 0 aromatic heterocycles. The van der Waals surface area contributed by atoms with Crippen molar-refractivity contribution in [3.63, 3.8) is 0 Å². The lowest BCUT2D eigenvalue weighted by Gasteiger charge is -2.13. The summed E-state index contributed by atoms with van der Waals surface area (Å²) in [4.78, 5) is 0. The van der Waals surface area contributed by atoms with Crippen LogP contribution in [0.15, 0.2) is 42.5 Å². The third-order valence-electron chi connectivity index (χ3n) is 3.07. The Morgan fingerprint density at radius 2 is 1.72 bits per heavy atom. The lowest BCUT2D eigenvalue weighted by atomic mass is 9.92. The van der Waals surface area contributed by atoms with Crippen molar-refractivity contribution < 1.29 is 0 Å². The number of nitrogens with zero attached hydrogens (tertiary/aromatic N) is 1. The molecule has 1 atom stereocenters. The Balaban J connectivity index is 2.37. The van der Waals surface area contributed by atoms with Gasteiger partial charge in [-0.1, -0.05) is 36.7 Å². The summed E-state index contributed by atoms with van der Waals surface area (Å²) in [5.74, 6) is 0.204. The van der Waals surface area contributed by atoms with Gasteiger partial charge in [0.25, 0.3) is 0 Å². The number of nitrogen functional groups attached to an aromatic ring is 1. The van der Waals surface area contributed by atoms with E-state index in [1.54, 1.807) is 6.07 Å². The van der Waals surface area contributed by atoms with Gasteiger partial charge >= 0.3 is 0 Å². The molecule has 2 nitrogen and oxygen atoms in total. The molecule has 18 heavy (non-hydrogen) atoms. The maximum atomic E-state index is 8.98. The van der Waals surface area contributed by atoms with Gasteiger partial charge in [0.05, 0.1) is 5.56 Å². The monoisotopic (exact) mass is 256 g/mol. The van der Waals surface area contributed by atoms with Crippen molar-refractivity contribution in [2.45, 2.75) is 12.8 Å². The lowest BCUT2D eigenvalue weighted by molar-refractivity contribution is 0.922. The molecule has 0 radical (unpaired) electrons. The van der Waals surface area contributed by atoms with Crippen LogP contribution < -0.4 is 5.73 Å². The van der Waals surface area contributed by atoms with E-state index in [1.165, 1.54) is 0 Å². The molecule has 2 aromatic carbocycles. The molecular weight excluding hydrogens is 244 g/mol. The lowest BCUT2D eigenvalue weighted by Crippen LogP contribution is -1.98. The average molecular weight is 257 g/mol. The van der Waals surface area contributed by atoms with E-state index >= 15 is 0 Å². The third kappa shape index (κ3) is 2.47. The van der Waals surface area contributed by atoms with Crippen LogP contribution in [-0.2, 0) is 0 Å². The molecule has 0 spiro atoms. The molecule has 0 aliphatic heterocycles. The number of anilines is 1. The van der Waals surface area contributed by atoms with Gasteiger partial charge in [0.1, 0.15) is 6.07 Å². The van der Waals surface area contributed by atoms with E-state index in [1.807, 2.05) is 36.4 Å². The van der Waals surface area contributed by atoms with E-state index in [0.29, 0.717) is 11.3 Å². The van der Waals surface area contributed by atoms with Crippen LogP contribution in [-0.4, -0.2) is 0 Å². The Bertz CT molecular complexity index is 597. The molecular formula is C15H13ClN2. The Kier molecular flexibility index (Phi) is 3.55. The smallest absolute Gasteiger partial charge is 0.101 e. The van der Waals surface area contributed by atoms with Crippen LogP contribution >= 0.6 is 11.6 Å². The van der Waals surface area contributed by atoms with E-state index < -0.39 is 0 Å². The average Bonchev–Trinajstić information content (AvgIpc) is 2.39. The molecule has 2 aromatic rings. The zero-order valence-corrected chi connectivity index (χ0v) is 10.8. The zero-order valence-electron chi connectivity index (χ0n) is 10.0. The summed E-state index contributed by atoms with van der Waals surface area (Å²) < 4.78 is 0. The van der Waals surface area contributed by atoms with Crippen molar-refractivity contribution in [3.05, 3.63) is 64.2 Å². The van der Waals surface area contributed by atoms with Gasteiger partial charge in [-0.25, -0.2) is 0 Å². The molecule has 2 N–H and O–H groups in total. The number of halogens is 1. The second kappa shape index (κ2) is 5.12. The molecule has 0 unspecified atom stereocenters. The minimum Gasteiger partial charge on any atom is -0.398 e. The van der Waals surface area contributed by atoms with Crippen molar-refractivity contribution in [2.75, 3.05) is 5.73 Å². The summed E-state index contributed by atoms with van der Waals surface area (Å²) in [6, 6.07) is 15.4. The van der Waals surface area contributed by atoms with Crippen LogP contribution in [0.3, 0.4) is 0 Å². The molecule has 0 aliphatic carbocycles. The van der Waals surface area contributed by atoms with Gasteiger partial charge < -0.3 is 5.73 Å². The topological polar surface area (TPSA) is 49.8 Å². The Labute approximate surface area is 112 Å². The summed E-state index contributed by atoms with van der Waals surface area (Å²) in [6.07, 6.45) is 0. The van der Waals surface area contributed by atoms with Gasteiger partial charge in [-0.05, 0) is 35.4 Å². The molecule has 3 heteroatoms. The van der Waals surface area contributed by atoms with E-state index in [-0.39, 0.29) is 5.92 Å². The first-order valence-corrected chi connectivity index (χ1v) is 6.04. The number of hydrogen-bond donors (Lipinski definition) is 1. The largest absolute Gasteiger partial charge is 0.398 e. The fourth-order valence-electron chi connectivity index (χ4n) is 1.88. The molecule has 0 amide bonds. The normalized spacial score (nSPS) is 11.8. The number of nitrogens with two attached hydrogens (primary N) is 1. The highest BCUT2D eigenvalue weighted by Crippen LogP contribution is 2.27. The summed E-state index contributed by atoms with van der Waals surface area (Å²) in [5, 5.41) is 9.71. The SMILES string of the molecule is C[C@H](c1ccc(Cl)cc1)c1ccc(N)c(C#N)c1. The van der Waals surface area contributed by atoms with Crippen molar-refractivity contribution in [1.29, 1.82) is 5.26 Å². The van der Waals surface area contributed by atoms with Gasteiger partial charge in [-0.3, -0.25) is 0 Å². The van der Waals surface area contributed by atoms with Crippen LogP contribution in [0, 0.1) is 11.3 Å². The predicted molar refractivity (Wildman–Crippen MR) is 74.5 cm³/mol. The quantitative estimate of drug-likeness (QED) is 0.828. The summed E-state index contributed by atoms with van der Waals surface area (Å²) in [6.45, 7) is 2.09. The fourth-order valence-corrected chi connectivity index (χ4v) is 2.01. The Hall–Kier alpha value is -1.98. The van der Waals surface area contributed by atoms with Crippen LogP contribution in [0.4, 0.5) is 5.69 Å². The minimum absolute atomic E-state index is 0.204. The summed E-state index contributed by atoms with van der Waals surface area (Å²) in [5.41, 5.74) is 8.99. The molecule has 0 saturated heterocycles. The van der Waals surface area contributed by atoms with Crippen LogP contribution in [0.1, 0.15) is 29.5 Å². The van der Waals surface area contributed by atoms with Crippen molar-refractivity contribution in [3.8, 4) is 6.07 Å². The first kappa shape index (κ1) is 12.5.